The Hall–Kier alpha value is -1.58. The first-order chi connectivity index (χ1) is 8.58. The molecule has 1 aliphatic carbocycles. The minimum atomic E-state index is -0.311. The summed E-state index contributed by atoms with van der Waals surface area (Å²) < 4.78 is 0. The van der Waals surface area contributed by atoms with Crippen molar-refractivity contribution >= 4 is 11.4 Å². The van der Waals surface area contributed by atoms with Gasteiger partial charge in [-0.1, -0.05) is 25.5 Å². The first kappa shape index (κ1) is 12.9. The van der Waals surface area contributed by atoms with E-state index in [4.69, 9.17) is 0 Å². The molecule has 0 spiro atoms. The van der Waals surface area contributed by atoms with Crippen LogP contribution in [0.1, 0.15) is 38.2 Å². The molecule has 4 heteroatoms. The number of nitro groups is 1. The van der Waals surface area contributed by atoms with Gasteiger partial charge in [-0.05, 0) is 37.2 Å². The van der Waals surface area contributed by atoms with Gasteiger partial charge >= 0.3 is 0 Å². The van der Waals surface area contributed by atoms with Crippen LogP contribution < -0.4 is 5.32 Å². The van der Waals surface area contributed by atoms with Gasteiger partial charge in [0, 0.05) is 12.6 Å². The summed E-state index contributed by atoms with van der Waals surface area (Å²) in [6, 6.07) is 5.21. The molecule has 1 fully saturated rings. The molecule has 0 atom stereocenters. The molecule has 0 aliphatic heterocycles. The van der Waals surface area contributed by atoms with Crippen LogP contribution in [0.3, 0.4) is 0 Å². The van der Waals surface area contributed by atoms with Crippen LogP contribution in [-0.4, -0.2) is 11.5 Å². The van der Waals surface area contributed by atoms with Crippen molar-refractivity contribution in [1.29, 1.82) is 0 Å². The zero-order valence-electron chi connectivity index (χ0n) is 11.0. The van der Waals surface area contributed by atoms with E-state index in [1.807, 2.05) is 13.0 Å². The third-order valence-electron chi connectivity index (χ3n) is 3.83. The summed E-state index contributed by atoms with van der Waals surface area (Å²) in [5.74, 6) is 0. The summed E-state index contributed by atoms with van der Waals surface area (Å²) >= 11 is 0. The van der Waals surface area contributed by atoms with Gasteiger partial charge < -0.3 is 5.32 Å². The Balaban J connectivity index is 2.11. The van der Waals surface area contributed by atoms with Crippen LogP contribution in [0.2, 0.25) is 0 Å². The van der Waals surface area contributed by atoms with Crippen LogP contribution in [0.4, 0.5) is 11.4 Å². The fourth-order valence-corrected chi connectivity index (χ4v) is 2.53. The Labute approximate surface area is 108 Å². The minimum Gasteiger partial charge on any atom is -0.379 e. The van der Waals surface area contributed by atoms with E-state index in [1.165, 1.54) is 25.7 Å². The monoisotopic (exact) mass is 248 g/mol. The molecule has 0 heterocycles. The molecule has 0 aromatic heterocycles. The highest BCUT2D eigenvalue weighted by atomic mass is 16.6. The van der Waals surface area contributed by atoms with Gasteiger partial charge in [-0.3, -0.25) is 10.1 Å². The third kappa shape index (κ3) is 2.63. The van der Waals surface area contributed by atoms with Gasteiger partial charge in [-0.2, -0.15) is 0 Å². The largest absolute Gasteiger partial charge is 0.379 e. The van der Waals surface area contributed by atoms with E-state index in [1.54, 1.807) is 12.1 Å². The summed E-state index contributed by atoms with van der Waals surface area (Å²) in [5, 5.41) is 14.3. The number of hydrogen-bond donors (Lipinski definition) is 1. The highest BCUT2D eigenvalue weighted by Gasteiger charge is 2.41. The molecule has 0 amide bonds. The second-order valence-corrected chi connectivity index (χ2v) is 5.33. The van der Waals surface area contributed by atoms with Crippen molar-refractivity contribution in [2.24, 2.45) is 5.41 Å². The van der Waals surface area contributed by atoms with Crippen molar-refractivity contribution in [2.45, 2.75) is 39.5 Å². The van der Waals surface area contributed by atoms with Crippen molar-refractivity contribution in [3.05, 3.63) is 33.9 Å². The Morgan fingerprint density at radius 1 is 1.44 bits per heavy atom. The molecular formula is C14H20N2O2. The standard InChI is InChI=1S/C14H20N2O2/c1-3-7-14(8-9-14)10-15-13-11(2)5-4-6-12(13)16(17)18/h4-6,15H,3,7-10H2,1-2H3. The first-order valence-electron chi connectivity index (χ1n) is 6.56. The molecule has 18 heavy (non-hydrogen) atoms. The quantitative estimate of drug-likeness (QED) is 0.613. The molecule has 1 saturated carbocycles. The number of nitro benzene ring substituents is 1. The van der Waals surface area contributed by atoms with Gasteiger partial charge in [0.2, 0.25) is 0 Å². The zero-order chi connectivity index (χ0) is 13.2. The number of aryl methyl sites for hydroxylation is 1. The van der Waals surface area contributed by atoms with Gasteiger partial charge in [0.1, 0.15) is 5.69 Å². The lowest BCUT2D eigenvalue weighted by atomic mass is 10.0. The molecule has 0 bridgehead atoms. The van der Waals surface area contributed by atoms with E-state index >= 15 is 0 Å². The molecule has 0 radical (unpaired) electrons. The fourth-order valence-electron chi connectivity index (χ4n) is 2.53. The van der Waals surface area contributed by atoms with E-state index in [0.717, 1.165) is 12.1 Å². The van der Waals surface area contributed by atoms with Crippen molar-refractivity contribution in [3.8, 4) is 0 Å². The fraction of sp³-hybridized carbons (Fsp3) is 0.571. The maximum Gasteiger partial charge on any atom is 0.292 e. The summed E-state index contributed by atoms with van der Waals surface area (Å²) in [5.41, 5.74) is 2.20. The normalized spacial score (nSPS) is 16.3. The van der Waals surface area contributed by atoms with Crippen LogP contribution in [-0.2, 0) is 0 Å². The van der Waals surface area contributed by atoms with Gasteiger partial charge in [0.15, 0.2) is 0 Å². The molecule has 1 aromatic carbocycles. The Bertz CT molecular complexity index is 453. The number of nitrogens with zero attached hydrogens (tertiary/aromatic N) is 1. The molecule has 4 nitrogen and oxygen atoms in total. The number of rotatable bonds is 6. The lowest BCUT2D eigenvalue weighted by Gasteiger charge is -2.17. The van der Waals surface area contributed by atoms with E-state index in [-0.39, 0.29) is 10.6 Å². The van der Waals surface area contributed by atoms with E-state index in [9.17, 15) is 10.1 Å². The molecule has 1 N–H and O–H groups in total. The van der Waals surface area contributed by atoms with Crippen molar-refractivity contribution in [2.75, 3.05) is 11.9 Å². The zero-order valence-corrected chi connectivity index (χ0v) is 11.0. The third-order valence-corrected chi connectivity index (χ3v) is 3.83. The Morgan fingerprint density at radius 3 is 2.72 bits per heavy atom. The molecule has 1 aliphatic rings. The summed E-state index contributed by atoms with van der Waals surface area (Å²) in [7, 11) is 0. The predicted octanol–water partition coefficient (Wildman–Crippen LogP) is 3.90. The highest BCUT2D eigenvalue weighted by molar-refractivity contribution is 5.66. The number of para-hydroxylation sites is 1. The van der Waals surface area contributed by atoms with Crippen molar-refractivity contribution in [3.63, 3.8) is 0 Å². The molecular weight excluding hydrogens is 228 g/mol. The first-order valence-corrected chi connectivity index (χ1v) is 6.56. The summed E-state index contributed by atoms with van der Waals surface area (Å²) in [6.07, 6.45) is 4.87. The SMILES string of the molecule is CCCC1(CNc2c(C)cccc2[N+](=O)[O-])CC1. The second kappa shape index (κ2) is 4.96. The maximum absolute atomic E-state index is 11.0. The van der Waals surface area contributed by atoms with Gasteiger partial charge in [0.25, 0.3) is 5.69 Å². The van der Waals surface area contributed by atoms with Crippen molar-refractivity contribution in [1.82, 2.24) is 0 Å². The van der Waals surface area contributed by atoms with Gasteiger partial charge in [-0.15, -0.1) is 0 Å². The second-order valence-electron chi connectivity index (χ2n) is 5.33. The summed E-state index contributed by atoms with van der Waals surface area (Å²) in [6.45, 7) is 4.96. The van der Waals surface area contributed by atoms with E-state index in [0.29, 0.717) is 11.1 Å². The topological polar surface area (TPSA) is 55.2 Å². The number of nitrogens with one attached hydrogen (secondary N) is 1. The maximum atomic E-state index is 11.0. The minimum absolute atomic E-state index is 0.183. The van der Waals surface area contributed by atoms with Crippen LogP contribution in [0.25, 0.3) is 0 Å². The summed E-state index contributed by atoms with van der Waals surface area (Å²) in [4.78, 5) is 10.7. The van der Waals surface area contributed by atoms with Crippen LogP contribution >= 0.6 is 0 Å². The van der Waals surface area contributed by atoms with Gasteiger partial charge in [0.05, 0.1) is 4.92 Å². The van der Waals surface area contributed by atoms with Crippen LogP contribution in [0.5, 0.6) is 0 Å². The average Bonchev–Trinajstić information content (AvgIpc) is 3.08. The molecule has 0 saturated heterocycles. The average molecular weight is 248 g/mol. The van der Waals surface area contributed by atoms with Crippen LogP contribution in [0, 0.1) is 22.5 Å². The Morgan fingerprint density at radius 2 is 2.17 bits per heavy atom. The highest BCUT2D eigenvalue weighted by Crippen LogP contribution is 2.49. The number of hydrogen-bond acceptors (Lipinski definition) is 3. The van der Waals surface area contributed by atoms with E-state index in [2.05, 4.69) is 12.2 Å². The smallest absolute Gasteiger partial charge is 0.292 e. The van der Waals surface area contributed by atoms with Gasteiger partial charge in [-0.25, -0.2) is 0 Å². The number of anilines is 1. The lowest BCUT2D eigenvalue weighted by molar-refractivity contribution is -0.384. The van der Waals surface area contributed by atoms with Crippen molar-refractivity contribution < 1.29 is 4.92 Å². The Kier molecular flexibility index (Phi) is 3.55. The lowest BCUT2D eigenvalue weighted by Crippen LogP contribution is -2.16. The predicted molar refractivity (Wildman–Crippen MR) is 72.9 cm³/mol. The molecule has 98 valence electrons. The van der Waals surface area contributed by atoms with E-state index < -0.39 is 0 Å². The van der Waals surface area contributed by atoms with Crippen LogP contribution in [0.15, 0.2) is 18.2 Å². The molecule has 0 unspecified atom stereocenters. The molecule has 2 rings (SSSR count). The number of benzene rings is 1. The molecule has 1 aromatic rings.